The lowest BCUT2D eigenvalue weighted by Crippen LogP contribution is -2.40. The highest BCUT2D eigenvalue weighted by Crippen LogP contribution is 2.23. The number of carboxylic acid groups (broad SMARTS) is 1. The molecule has 0 bridgehead atoms. The Morgan fingerprint density at radius 2 is 1.75 bits per heavy atom. The number of aryl methyl sites for hydroxylation is 1. The standard InChI is InChI=1S/C16H23NO3/c1-4-12(13-8-6-11(3)7-9-13)10-15(18)17-14(5-2)16(19)20/h6-9,12,14H,4-5,10H2,1-3H3,(H,17,18)(H,19,20). The zero-order valence-corrected chi connectivity index (χ0v) is 12.3. The summed E-state index contributed by atoms with van der Waals surface area (Å²) in [5, 5.41) is 11.5. The molecule has 4 heteroatoms. The van der Waals surface area contributed by atoms with E-state index in [1.807, 2.05) is 38.1 Å². The second-order valence-corrected chi connectivity index (χ2v) is 5.09. The summed E-state index contributed by atoms with van der Waals surface area (Å²) in [6.45, 7) is 5.80. The van der Waals surface area contributed by atoms with Gasteiger partial charge in [0.1, 0.15) is 6.04 Å². The fourth-order valence-electron chi connectivity index (χ4n) is 2.15. The summed E-state index contributed by atoms with van der Waals surface area (Å²) in [6.07, 6.45) is 1.56. The van der Waals surface area contributed by atoms with Crippen molar-refractivity contribution in [2.45, 2.75) is 52.0 Å². The summed E-state index contributed by atoms with van der Waals surface area (Å²) < 4.78 is 0. The van der Waals surface area contributed by atoms with Crippen LogP contribution in [-0.2, 0) is 9.59 Å². The normalized spacial score (nSPS) is 13.6. The fraction of sp³-hybridized carbons (Fsp3) is 0.500. The van der Waals surface area contributed by atoms with E-state index in [1.165, 1.54) is 5.56 Å². The molecule has 0 saturated heterocycles. The average Bonchev–Trinajstić information content (AvgIpc) is 2.43. The van der Waals surface area contributed by atoms with Crippen LogP contribution in [-0.4, -0.2) is 23.0 Å². The van der Waals surface area contributed by atoms with Gasteiger partial charge in [-0.25, -0.2) is 4.79 Å². The van der Waals surface area contributed by atoms with Gasteiger partial charge in [-0.2, -0.15) is 0 Å². The Kier molecular flexibility index (Phi) is 6.22. The molecule has 4 nitrogen and oxygen atoms in total. The number of benzene rings is 1. The third kappa shape index (κ3) is 4.68. The number of carboxylic acids is 1. The molecule has 20 heavy (non-hydrogen) atoms. The van der Waals surface area contributed by atoms with Crippen molar-refractivity contribution in [3.8, 4) is 0 Å². The Labute approximate surface area is 120 Å². The molecule has 2 atom stereocenters. The van der Waals surface area contributed by atoms with Crippen LogP contribution in [0.4, 0.5) is 0 Å². The number of carbonyl (C=O) groups is 2. The molecular formula is C16H23NO3. The molecule has 2 N–H and O–H groups in total. The molecule has 0 aromatic heterocycles. The molecule has 1 rings (SSSR count). The number of hydrogen-bond acceptors (Lipinski definition) is 2. The topological polar surface area (TPSA) is 66.4 Å². The molecular weight excluding hydrogens is 254 g/mol. The van der Waals surface area contributed by atoms with Crippen molar-refractivity contribution < 1.29 is 14.7 Å². The quantitative estimate of drug-likeness (QED) is 0.805. The molecule has 1 amide bonds. The van der Waals surface area contributed by atoms with E-state index in [-0.39, 0.29) is 11.8 Å². The number of amides is 1. The van der Waals surface area contributed by atoms with E-state index in [0.29, 0.717) is 12.8 Å². The zero-order valence-electron chi connectivity index (χ0n) is 12.3. The molecule has 0 aliphatic rings. The second kappa shape index (κ2) is 7.68. The first-order valence-corrected chi connectivity index (χ1v) is 7.06. The number of nitrogens with one attached hydrogen (secondary N) is 1. The first-order valence-electron chi connectivity index (χ1n) is 7.06. The predicted molar refractivity (Wildman–Crippen MR) is 78.7 cm³/mol. The van der Waals surface area contributed by atoms with E-state index in [4.69, 9.17) is 5.11 Å². The van der Waals surface area contributed by atoms with Gasteiger partial charge in [0, 0.05) is 6.42 Å². The molecule has 1 aromatic carbocycles. The van der Waals surface area contributed by atoms with Crippen molar-refractivity contribution >= 4 is 11.9 Å². The molecule has 0 saturated carbocycles. The zero-order chi connectivity index (χ0) is 15.1. The number of aliphatic carboxylic acids is 1. The van der Waals surface area contributed by atoms with Crippen LogP contribution in [0.25, 0.3) is 0 Å². The third-order valence-electron chi connectivity index (χ3n) is 3.51. The van der Waals surface area contributed by atoms with Crippen LogP contribution in [0.3, 0.4) is 0 Å². The van der Waals surface area contributed by atoms with Crippen LogP contribution >= 0.6 is 0 Å². The molecule has 0 fully saturated rings. The lowest BCUT2D eigenvalue weighted by Gasteiger charge is -2.17. The van der Waals surface area contributed by atoms with Crippen molar-refractivity contribution in [3.63, 3.8) is 0 Å². The highest BCUT2D eigenvalue weighted by molar-refractivity contribution is 5.83. The van der Waals surface area contributed by atoms with Gasteiger partial charge in [-0.3, -0.25) is 4.79 Å². The van der Waals surface area contributed by atoms with Crippen LogP contribution in [0.1, 0.15) is 50.2 Å². The van der Waals surface area contributed by atoms with Gasteiger partial charge in [-0.05, 0) is 31.2 Å². The number of hydrogen-bond donors (Lipinski definition) is 2. The number of rotatable bonds is 7. The Hall–Kier alpha value is -1.84. The summed E-state index contributed by atoms with van der Waals surface area (Å²) in [5.74, 6) is -1.06. The molecule has 0 spiro atoms. The Bertz CT molecular complexity index is 453. The largest absolute Gasteiger partial charge is 0.480 e. The SMILES string of the molecule is CCC(NC(=O)CC(CC)c1ccc(C)cc1)C(=O)O. The van der Waals surface area contributed by atoms with Gasteiger partial charge in [0.25, 0.3) is 0 Å². The van der Waals surface area contributed by atoms with Crippen molar-refractivity contribution in [1.82, 2.24) is 5.32 Å². The van der Waals surface area contributed by atoms with Crippen LogP contribution in [0, 0.1) is 6.92 Å². The first-order chi connectivity index (χ1) is 9.47. The molecule has 0 radical (unpaired) electrons. The minimum atomic E-state index is -0.982. The highest BCUT2D eigenvalue weighted by atomic mass is 16.4. The maximum Gasteiger partial charge on any atom is 0.326 e. The van der Waals surface area contributed by atoms with Crippen LogP contribution in [0.5, 0.6) is 0 Å². The van der Waals surface area contributed by atoms with E-state index >= 15 is 0 Å². The Morgan fingerprint density at radius 3 is 2.20 bits per heavy atom. The smallest absolute Gasteiger partial charge is 0.326 e. The lowest BCUT2D eigenvalue weighted by molar-refractivity contribution is -0.141. The summed E-state index contributed by atoms with van der Waals surface area (Å²) in [6, 6.07) is 7.33. The summed E-state index contributed by atoms with van der Waals surface area (Å²) in [7, 11) is 0. The second-order valence-electron chi connectivity index (χ2n) is 5.09. The van der Waals surface area contributed by atoms with Crippen LogP contribution < -0.4 is 5.32 Å². The van der Waals surface area contributed by atoms with E-state index in [9.17, 15) is 9.59 Å². The maximum atomic E-state index is 12.0. The van der Waals surface area contributed by atoms with E-state index < -0.39 is 12.0 Å². The first kappa shape index (κ1) is 16.2. The number of carbonyl (C=O) groups excluding carboxylic acids is 1. The molecule has 1 aromatic rings. The van der Waals surface area contributed by atoms with Gasteiger partial charge >= 0.3 is 5.97 Å². The molecule has 0 heterocycles. The lowest BCUT2D eigenvalue weighted by atomic mass is 9.92. The summed E-state index contributed by atoms with van der Waals surface area (Å²) in [4.78, 5) is 22.9. The van der Waals surface area contributed by atoms with E-state index in [1.54, 1.807) is 6.92 Å². The molecule has 110 valence electrons. The van der Waals surface area contributed by atoms with Crippen molar-refractivity contribution in [3.05, 3.63) is 35.4 Å². The summed E-state index contributed by atoms with van der Waals surface area (Å²) in [5.41, 5.74) is 2.31. The molecule has 0 aliphatic heterocycles. The van der Waals surface area contributed by atoms with Gasteiger partial charge in [0.15, 0.2) is 0 Å². The van der Waals surface area contributed by atoms with E-state index in [0.717, 1.165) is 12.0 Å². The average molecular weight is 277 g/mol. The Morgan fingerprint density at radius 1 is 1.15 bits per heavy atom. The van der Waals surface area contributed by atoms with E-state index in [2.05, 4.69) is 5.32 Å². The monoisotopic (exact) mass is 277 g/mol. The van der Waals surface area contributed by atoms with Gasteiger partial charge in [-0.15, -0.1) is 0 Å². The van der Waals surface area contributed by atoms with Crippen molar-refractivity contribution in [2.24, 2.45) is 0 Å². The van der Waals surface area contributed by atoms with Crippen LogP contribution in [0.2, 0.25) is 0 Å². The maximum absolute atomic E-state index is 12.0. The molecule has 0 aliphatic carbocycles. The van der Waals surface area contributed by atoms with Gasteiger partial charge in [-0.1, -0.05) is 43.7 Å². The molecule has 2 unspecified atom stereocenters. The summed E-state index contributed by atoms with van der Waals surface area (Å²) >= 11 is 0. The van der Waals surface area contributed by atoms with Gasteiger partial charge in [0.2, 0.25) is 5.91 Å². The van der Waals surface area contributed by atoms with Gasteiger partial charge in [0.05, 0.1) is 0 Å². The minimum absolute atomic E-state index is 0.127. The predicted octanol–water partition coefficient (Wildman–Crippen LogP) is 2.86. The van der Waals surface area contributed by atoms with Crippen molar-refractivity contribution in [1.29, 1.82) is 0 Å². The van der Waals surface area contributed by atoms with Crippen LogP contribution in [0.15, 0.2) is 24.3 Å². The third-order valence-corrected chi connectivity index (χ3v) is 3.51. The highest BCUT2D eigenvalue weighted by Gasteiger charge is 2.20. The fourth-order valence-corrected chi connectivity index (χ4v) is 2.15. The van der Waals surface area contributed by atoms with Gasteiger partial charge < -0.3 is 10.4 Å². The Balaban J connectivity index is 2.66. The minimum Gasteiger partial charge on any atom is -0.480 e. The van der Waals surface area contributed by atoms with Crippen molar-refractivity contribution in [2.75, 3.05) is 0 Å².